The monoisotopic (exact) mass is 397 g/mol. The van der Waals surface area contributed by atoms with Gasteiger partial charge in [0.05, 0.1) is 30.4 Å². The van der Waals surface area contributed by atoms with E-state index < -0.39 is 0 Å². The van der Waals surface area contributed by atoms with Crippen molar-refractivity contribution in [3.63, 3.8) is 0 Å². The zero-order valence-electron chi connectivity index (χ0n) is 15.9. The highest BCUT2D eigenvalue weighted by Gasteiger charge is 2.23. The Bertz CT molecular complexity index is 929. The van der Waals surface area contributed by atoms with E-state index in [0.29, 0.717) is 10.8 Å². The van der Waals surface area contributed by atoms with Crippen LogP contribution in [0.3, 0.4) is 0 Å². The fraction of sp³-hybridized carbons (Fsp3) is 0.350. The van der Waals surface area contributed by atoms with Crippen LogP contribution >= 0.6 is 11.3 Å². The summed E-state index contributed by atoms with van der Waals surface area (Å²) in [7, 11) is 0. The fourth-order valence-corrected chi connectivity index (χ4v) is 4.19. The summed E-state index contributed by atoms with van der Waals surface area (Å²) in [4.78, 5) is 23.8. The summed E-state index contributed by atoms with van der Waals surface area (Å²) in [5.74, 6) is -0.226. The molecule has 1 aliphatic heterocycles. The first-order chi connectivity index (χ1) is 13.6. The molecule has 28 heavy (non-hydrogen) atoms. The van der Waals surface area contributed by atoms with E-state index in [1.807, 2.05) is 35.7 Å². The van der Waals surface area contributed by atoms with Crippen molar-refractivity contribution in [2.45, 2.75) is 32.6 Å². The van der Waals surface area contributed by atoms with Crippen LogP contribution in [0, 0.1) is 0 Å². The number of hydrogen-bond acceptors (Lipinski definition) is 6. The highest BCUT2D eigenvalue weighted by atomic mass is 32.1. The first kappa shape index (κ1) is 18.8. The highest BCUT2D eigenvalue weighted by molar-refractivity contribution is 7.13. The van der Waals surface area contributed by atoms with Crippen molar-refractivity contribution < 1.29 is 9.53 Å². The Balaban J connectivity index is 1.42. The number of carbonyl (C=O) groups excluding carboxylic acids is 1. The molecule has 1 fully saturated rings. The standard InChI is InChI=1S/C20H23N5O2S/c1-14-9-24(10-15(2)27-14)11-16-12-28-20(22-16)23-19(26)18-8-21-13-25(18)17-6-4-3-5-7-17/h3-8,12-15H,9-11H2,1-2H3,(H,22,23,26). The molecule has 3 aromatic rings. The molecule has 2 aromatic heterocycles. The summed E-state index contributed by atoms with van der Waals surface area (Å²) in [6.07, 6.45) is 3.64. The van der Waals surface area contributed by atoms with E-state index in [0.717, 1.165) is 31.0 Å². The maximum Gasteiger partial charge on any atom is 0.276 e. The van der Waals surface area contributed by atoms with Crippen molar-refractivity contribution in [3.8, 4) is 5.69 Å². The Morgan fingerprint density at radius 2 is 2.00 bits per heavy atom. The Morgan fingerprint density at radius 1 is 1.25 bits per heavy atom. The maximum absolute atomic E-state index is 12.7. The molecule has 4 rings (SSSR count). The number of benzene rings is 1. The van der Waals surface area contributed by atoms with Crippen molar-refractivity contribution in [1.29, 1.82) is 0 Å². The second kappa shape index (κ2) is 8.22. The molecule has 3 heterocycles. The Labute approximate surface area is 168 Å². The molecule has 0 saturated carbocycles. The van der Waals surface area contributed by atoms with Gasteiger partial charge in [0, 0.05) is 30.7 Å². The van der Waals surface area contributed by atoms with E-state index in [1.54, 1.807) is 17.1 Å². The van der Waals surface area contributed by atoms with Gasteiger partial charge in [0.2, 0.25) is 0 Å². The summed E-state index contributed by atoms with van der Waals surface area (Å²) in [6, 6.07) is 9.66. The topological polar surface area (TPSA) is 72.3 Å². The molecule has 1 aromatic carbocycles. The van der Waals surface area contributed by atoms with Crippen molar-refractivity contribution >= 4 is 22.4 Å². The van der Waals surface area contributed by atoms with Gasteiger partial charge < -0.3 is 4.74 Å². The van der Waals surface area contributed by atoms with Gasteiger partial charge in [-0.25, -0.2) is 9.97 Å². The van der Waals surface area contributed by atoms with Crippen LogP contribution in [0.4, 0.5) is 5.13 Å². The molecule has 0 aliphatic carbocycles. The van der Waals surface area contributed by atoms with Crippen LogP contribution in [0.25, 0.3) is 5.69 Å². The van der Waals surface area contributed by atoms with E-state index in [9.17, 15) is 4.79 Å². The van der Waals surface area contributed by atoms with Gasteiger partial charge in [-0.2, -0.15) is 0 Å². The Morgan fingerprint density at radius 3 is 2.75 bits per heavy atom. The number of imidazole rings is 1. The first-order valence-corrected chi connectivity index (χ1v) is 10.2. The molecule has 1 amide bonds. The van der Waals surface area contributed by atoms with Crippen LogP contribution in [-0.4, -0.2) is 50.6 Å². The third kappa shape index (κ3) is 4.30. The molecule has 1 saturated heterocycles. The lowest BCUT2D eigenvalue weighted by Crippen LogP contribution is -2.44. The lowest BCUT2D eigenvalue weighted by molar-refractivity contribution is -0.0707. The zero-order chi connectivity index (χ0) is 19.5. The average molecular weight is 398 g/mol. The average Bonchev–Trinajstić information content (AvgIpc) is 3.31. The quantitative estimate of drug-likeness (QED) is 0.716. The minimum Gasteiger partial charge on any atom is -0.373 e. The van der Waals surface area contributed by atoms with Crippen LogP contribution in [0.15, 0.2) is 48.2 Å². The number of rotatable bonds is 5. The summed E-state index contributed by atoms with van der Waals surface area (Å²) in [6.45, 7) is 6.71. The van der Waals surface area contributed by atoms with Gasteiger partial charge in [-0.1, -0.05) is 18.2 Å². The fourth-order valence-electron chi connectivity index (χ4n) is 3.50. The van der Waals surface area contributed by atoms with Crippen molar-refractivity contribution in [2.75, 3.05) is 18.4 Å². The lowest BCUT2D eigenvalue weighted by atomic mass is 10.2. The summed E-state index contributed by atoms with van der Waals surface area (Å²) in [5, 5.41) is 5.48. The number of amides is 1. The molecule has 2 unspecified atom stereocenters. The van der Waals surface area contributed by atoms with Crippen molar-refractivity contribution in [2.24, 2.45) is 0 Å². The molecule has 7 nitrogen and oxygen atoms in total. The third-order valence-corrected chi connectivity index (χ3v) is 5.37. The highest BCUT2D eigenvalue weighted by Crippen LogP contribution is 2.20. The molecule has 1 aliphatic rings. The number of nitrogens with one attached hydrogen (secondary N) is 1. The van der Waals surface area contributed by atoms with E-state index >= 15 is 0 Å². The number of ether oxygens (including phenoxy) is 1. The van der Waals surface area contributed by atoms with Gasteiger partial charge in [-0.3, -0.25) is 19.6 Å². The normalized spacial score (nSPS) is 20.2. The smallest absolute Gasteiger partial charge is 0.276 e. The maximum atomic E-state index is 12.7. The molecule has 0 spiro atoms. The molecule has 2 atom stereocenters. The zero-order valence-corrected chi connectivity index (χ0v) is 16.7. The van der Waals surface area contributed by atoms with Crippen LogP contribution in [0.2, 0.25) is 0 Å². The SMILES string of the molecule is CC1CN(Cc2csc(NC(=O)c3cncn3-c3ccccc3)n2)CC(C)O1. The molecule has 0 bridgehead atoms. The predicted molar refractivity (Wildman–Crippen MR) is 109 cm³/mol. The van der Waals surface area contributed by atoms with Gasteiger partial charge in [-0.05, 0) is 26.0 Å². The van der Waals surface area contributed by atoms with Gasteiger partial charge in [0.1, 0.15) is 5.69 Å². The van der Waals surface area contributed by atoms with Crippen LogP contribution in [-0.2, 0) is 11.3 Å². The Kier molecular flexibility index (Phi) is 5.52. The number of carbonyl (C=O) groups is 1. The van der Waals surface area contributed by atoms with Crippen LogP contribution in [0.5, 0.6) is 0 Å². The minimum absolute atomic E-state index is 0.222. The largest absolute Gasteiger partial charge is 0.373 e. The molecular weight excluding hydrogens is 374 g/mol. The Hall–Kier alpha value is -2.55. The predicted octanol–water partition coefficient (Wildman–Crippen LogP) is 3.19. The third-order valence-electron chi connectivity index (χ3n) is 4.56. The molecule has 146 valence electrons. The van der Waals surface area contributed by atoms with Crippen LogP contribution < -0.4 is 5.32 Å². The van der Waals surface area contributed by atoms with Gasteiger partial charge in [-0.15, -0.1) is 11.3 Å². The van der Waals surface area contributed by atoms with Crippen LogP contribution in [0.1, 0.15) is 30.0 Å². The van der Waals surface area contributed by atoms with Crippen molar-refractivity contribution in [3.05, 3.63) is 59.6 Å². The second-order valence-corrected chi connectivity index (χ2v) is 7.89. The van der Waals surface area contributed by atoms with Gasteiger partial charge in [0.25, 0.3) is 5.91 Å². The number of nitrogens with zero attached hydrogens (tertiary/aromatic N) is 4. The number of para-hydroxylation sites is 1. The molecule has 8 heteroatoms. The van der Waals surface area contributed by atoms with E-state index in [2.05, 4.69) is 34.0 Å². The van der Waals surface area contributed by atoms with Gasteiger partial charge in [0.15, 0.2) is 5.13 Å². The number of anilines is 1. The second-order valence-electron chi connectivity index (χ2n) is 7.03. The minimum atomic E-state index is -0.226. The number of morpholine rings is 1. The molecule has 1 N–H and O–H groups in total. The lowest BCUT2D eigenvalue weighted by Gasteiger charge is -2.34. The first-order valence-electron chi connectivity index (χ1n) is 9.30. The summed E-state index contributed by atoms with van der Waals surface area (Å²) in [5.41, 5.74) is 2.32. The van der Waals surface area contributed by atoms with Crippen molar-refractivity contribution in [1.82, 2.24) is 19.4 Å². The summed E-state index contributed by atoms with van der Waals surface area (Å²) < 4.78 is 7.54. The van der Waals surface area contributed by atoms with E-state index in [-0.39, 0.29) is 18.1 Å². The van der Waals surface area contributed by atoms with E-state index in [4.69, 9.17) is 4.74 Å². The van der Waals surface area contributed by atoms with E-state index in [1.165, 1.54) is 11.3 Å². The number of thiazole rings is 1. The molecule has 0 radical (unpaired) electrons. The van der Waals surface area contributed by atoms with Gasteiger partial charge >= 0.3 is 0 Å². The summed E-state index contributed by atoms with van der Waals surface area (Å²) >= 11 is 1.44. The number of hydrogen-bond donors (Lipinski definition) is 1. The number of aromatic nitrogens is 3. The molecular formula is C20H23N5O2S.